The second kappa shape index (κ2) is 9.59. The van der Waals surface area contributed by atoms with Crippen molar-refractivity contribution in [3.05, 3.63) is 41.3 Å². The largest absolute Gasteiger partial charge is 0.389 e. The average molecular weight is 442 g/mol. The van der Waals surface area contributed by atoms with Crippen molar-refractivity contribution in [3.8, 4) is 0 Å². The first-order valence-electron chi connectivity index (χ1n) is 10.9. The highest BCUT2D eigenvalue weighted by Crippen LogP contribution is 2.38. The number of nitrogens with two attached hydrogens (primary N) is 1. The van der Waals surface area contributed by atoms with E-state index in [1.165, 1.54) is 5.56 Å². The molecule has 1 aromatic carbocycles. The predicted octanol–water partition coefficient (Wildman–Crippen LogP) is 4.65. The van der Waals surface area contributed by atoms with Crippen molar-refractivity contribution in [3.63, 3.8) is 0 Å². The molecule has 0 radical (unpaired) electrons. The van der Waals surface area contributed by atoms with Crippen molar-refractivity contribution >= 4 is 28.6 Å². The molecule has 7 heteroatoms. The summed E-state index contributed by atoms with van der Waals surface area (Å²) in [4.78, 5) is 13.8. The molecule has 0 spiro atoms. The summed E-state index contributed by atoms with van der Waals surface area (Å²) in [5.41, 5.74) is 9.29. The smallest absolute Gasteiger partial charge is 0.151 e. The Labute approximate surface area is 189 Å². The maximum Gasteiger partial charge on any atom is 0.151 e. The second-order valence-electron chi connectivity index (χ2n) is 9.12. The number of hydrogen-bond donors (Lipinski definition) is 2. The van der Waals surface area contributed by atoms with Crippen LogP contribution in [-0.4, -0.2) is 44.2 Å². The Balaban J connectivity index is 2.10. The van der Waals surface area contributed by atoms with Crippen LogP contribution in [0.1, 0.15) is 50.7 Å². The fraction of sp³-hybridized carbons (Fsp3) is 0.500. The molecule has 0 fully saturated rings. The highest BCUT2D eigenvalue weighted by Gasteiger charge is 2.24. The highest BCUT2D eigenvalue weighted by molar-refractivity contribution is 7.99. The number of rotatable bonds is 9. The van der Waals surface area contributed by atoms with Crippen LogP contribution >= 0.6 is 11.8 Å². The van der Waals surface area contributed by atoms with E-state index < -0.39 is 5.60 Å². The van der Waals surface area contributed by atoms with E-state index in [1.807, 2.05) is 20.8 Å². The van der Waals surface area contributed by atoms with Gasteiger partial charge in [0, 0.05) is 17.9 Å². The molecule has 2 aromatic heterocycles. The highest BCUT2D eigenvalue weighted by atomic mass is 32.2. The van der Waals surface area contributed by atoms with Gasteiger partial charge in [0.2, 0.25) is 0 Å². The van der Waals surface area contributed by atoms with Gasteiger partial charge in [-0.3, -0.25) is 0 Å². The van der Waals surface area contributed by atoms with Crippen LogP contribution in [0.4, 0.5) is 5.82 Å². The van der Waals surface area contributed by atoms with Crippen LogP contribution in [0.2, 0.25) is 0 Å². The number of unbranched alkanes of at least 4 members (excludes halogenated alkanes) is 1. The maximum atomic E-state index is 10.6. The molecule has 0 unspecified atom stereocenters. The molecule has 3 N–H and O–H groups in total. The topological polar surface area (TPSA) is 80.2 Å². The SMILES string of the molecule is CCCCc1nc2c(N)nc(C)c(Sc3ccc(CN(C)C)cc3)c2n1CC(C)(C)O. The standard InChI is InChI=1S/C24H35N5OS/c1-7-8-9-19-27-20-21(29(19)15-24(3,4)30)22(16(2)26-23(20)25)31-18-12-10-17(11-13-18)14-28(5)6/h10-13,30H,7-9,14-15H2,1-6H3,(H2,25,26). The molecule has 168 valence electrons. The minimum absolute atomic E-state index is 0.449. The van der Waals surface area contributed by atoms with Gasteiger partial charge in [0.25, 0.3) is 0 Å². The molecule has 3 rings (SSSR count). The maximum absolute atomic E-state index is 10.6. The van der Waals surface area contributed by atoms with E-state index >= 15 is 0 Å². The number of pyridine rings is 1. The Morgan fingerprint density at radius 3 is 2.42 bits per heavy atom. The van der Waals surface area contributed by atoms with E-state index in [9.17, 15) is 5.11 Å². The van der Waals surface area contributed by atoms with Crippen LogP contribution < -0.4 is 5.73 Å². The second-order valence-corrected chi connectivity index (χ2v) is 10.2. The monoisotopic (exact) mass is 441 g/mol. The molecule has 0 aliphatic rings. The fourth-order valence-electron chi connectivity index (χ4n) is 3.71. The van der Waals surface area contributed by atoms with Crippen molar-refractivity contribution in [1.82, 2.24) is 19.4 Å². The van der Waals surface area contributed by atoms with E-state index in [-0.39, 0.29) is 0 Å². The number of aromatic nitrogens is 3. The Bertz CT molecular complexity index is 1040. The van der Waals surface area contributed by atoms with E-state index in [1.54, 1.807) is 11.8 Å². The molecule has 0 atom stereocenters. The normalized spacial score (nSPS) is 12.3. The lowest BCUT2D eigenvalue weighted by Crippen LogP contribution is -2.27. The summed E-state index contributed by atoms with van der Waals surface area (Å²) < 4.78 is 2.15. The van der Waals surface area contributed by atoms with E-state index in [4.69, 9.17) is 10.7 Å². The third-order valence-electron chi connectivity index (χ3n) is 5.06. The minimum atomic E-state index is -0.865. The summed E-state index contributed by atoms with van der Waals surface area (Å²) >= 11 is 1.68. The summed E-state index contributed by atoms with van der Waals surface area (Å²) in [5, 5.41) is 10.6. The lowest BCUT2D eigenvalue weighted by molar-refractivity contribution is 0.0617. The van der Waals surface area contributed by atoms with Gasteiger partial charge in [0.15, 0.2) is 5.82 Å². The molecular formula is C24H35N5OS. The number of hydrogen-bond acceptors (Lipinski definition) is 6. The number of aliphatic hydroxyl groups is 1. The lowest BCUT2D eigenvalue weighted by atomic mass is 10.1. The lowest BCUT2D eigenvalue weighted by Gasteiger charge is -2.21. The summed E-state index contributed by atoms with van der Waals surface area (Å²) in [6, 6.07) is 8.64. The molecule has 0 saturated heterocycles. The number of anilines is 1. The Hall–Kier alpha value is -2.09. The van der Waals surface area contributed by atoms with Crippen LogP contribution in [0.3, 0.4) is 0 Å². The number of aryl methyl sites for hydroxylation is 2. The predicted molar refractivity (Wildman–Crippen MR) is 130 cm³/mol. The first-order chi connectivity index (χ1) is 14.6. The summed E-state index contributed by atoms with van der Waals surface area (Å²) in [7, 11) is 4.14. The molecule has 3 aromatic rings. The van der Waals surface area contributed by atoms with Crippen molar-refractivity contribution in [2.45, 2.75) is 75.4 Å². The van der Waals surface area contributed by atoms with Crippen molar-refractivity contribution < 1.29 is 5.11 Å². The fourth-order valence-corrected chi connectivity index (χ4v) is 4.72. The molecule has 6 nitrogen and oxygen atoms in total. The number of nitrogen functional groups attached to an aromatic ring is 1. The van der Waals surface area contributed by atoms with Crippen LogP contribution in [0.25, 0.3) is 11.0 Å². The molecule has 0 aliphatic heterocycles. The summed E-state index contributed by atoms with van der Waals surface area (Å²) in [6.45, 7) is 9.19. The third-order valence-corrected chi connectivity index (χ3v) is 6.26. The van der Waals surface area contributed by atoms with Crippen molar-refractivity contribution in [1.29, 1.82) is 0 Å². The van der Waals surface area contributed by atoms with Crippen molar-refractivity contribution in [2.24, 2.45) is 0 Å². The molecule has 0 amide bonds. The zero-order valence-electron chi connectivity index (χ0n) is 19.6. The zero-order chi connectivity index (χ0) is 22.8. The zero-order valence-corrected chi connectivity index (χ0v) is 20.4. The Kier molecular flexibility index (Phi) is 7.29. The van der Waals surface area contributed by atoms with Gasteiger partial charge in [-0.25, -0.2) is 9.97 Å². The van der Waals surface area contributed by atoms with Gasteiger partial charge in [0.1, 0.15) is 11.3 Å². The molecular weight excluding hydrogens is 406 g/mol. The van der Waals surface area contributed by atoms with Crippen molar-refractivity contribution in [2.75, 3.05) is 19.8 Å². The number of nitrogens with zero attached hydrogens (tertiary/aromatic N) is 4. The first kappa shape index (κ1) is 23.6. The molecule has 31 heavy (non-hydrogen) atoms. The van der Waals surface area contributed by atoms with Crippen LogP contribution in [-0.2, 0) is 19.5 Å². The van der Waals surface area contributed by atoms with Gasteiger partial charge >= 0.3 is 0 Å². The molecule has 0 aliphatic carbocycles. The van der Waals surface area contributed by atoms with E-state index in [2.05, 4.69) is 59.7 Å². The number of imidazole rings is 1. The van der Waals surface area contributed by atoms with Gasteiger partial charge in [-0.15, -0.1) is 0 Å². The van der Waals surface area contributed by atoms with Crippen LogP contribution in [0.15, 0.2) is 34.1 Å². The third kappa shape index (κ3) is 5.79. The molecule has 0 bridgehead atoms. The Morgan fingerprint density at radius 2 is 1.84 bits per heavy atom. The van der Waals surface area contributed by atoms with E-state index in [0.717, 1.165) is 58.1 Å². The van der Waals surface area contributed by atoms with Crippen LogP contribution in [0, 0.1) is 6.92 Å². The van der Waals surface area contributed by atoms with E-state index in [0.29, 0.717) is 12.4 Å². The number of fused-ring (bicyclic) bond motifs is 1. The molecule has 2 heterocycles. The Morgan fingerprint density at radius 1 is 1.16 bits per heavy atom. The van der Waals surface area contributed by atoms with Gasteiger partial charge < -0.3 is 20.3 Å². The van der Waals surface area contributed by atoms with Gasteiger partial charge in [-0.2, -0.15) is 0 Å². The van der Waals surface area contributed by atoms with Crippen LogP contribution in [0.5, 0.6) is 0 Å². The van der Waals surface area contributed by atoms with Gasteiger partial charge in [-0.1, -0.05) is 37.2 Å². The number of benzene rings is 1. The van der Waals surface area contributed by atoms with Gasteiger partial charge in [0.05, 0.1) is 28.3 Å². The minimum Gasteiger partial charge on any atom is -0.389 e. The summed E-state index contributed by atoms with van der Waals surface area (Å²) in [5.74, 6) is 1.41. The first-order valence-corrected chi connectivity index (χ1v) is 11.7. The summed E-state index contributed by atoms with van der Waals surface area (Å²) in [6.07, 6.45) is 2.97. The van der Waals surface area contributed by atoms with Gasteiger partial charge in [-0.05, 0) is 59.0 Å². The molecule has 0 saturated carbocycles. The average Bonchev–Trinajstić information content (AvgIpc) is 3.01. The quantitative estimate of drug-likeness (QED) is 0.503.